The van der Waals surface area contributed by atoms with Crippen LogP contribution in [-0.2, 0) is 19.6 Å². The summed E-state index contributed by atoms with van der Waals surface area (Å²) in [7, 11) is -4.30. The third kappa shape index (κ3) is 14.8. The van der Waals surface area contributed by atoms with E-state index >= 15 is 0 Å². The lowest BCUT2D eigenvalue weighted by atomic mass is 10.1. The minimum absolute atomic E-state index is 0.220. The fraction of sp³-hybridized carbons (Fsp3) is 0.889. The van der Waals surface area contributed by atoms with Gasteiger partial charge in [0.2, 0.25) is 0 Å². The molecule has 5 nitrogen and oxygen atoms in total. The standard InChI is InChI=1S/C18H34O5S/c1-3-5-6-7-8-9-10-11-12-13-14-15-16-23-18(17-22-4-2)24(19,20)21/h18H,3-14,17H2,1-2H3,(H,19,20,21). The second-order valence-corrected chi connectivity index (χ2v) is 7.49. The number of ether oxygens (including phenoxy) is 2. The van der Waals surface area contributed by atoms with Crippen LogP contribution in [0.5, 0.6) is 0 Å². The van der Waals surface area contributed by atoms with Crippen molar-refractivity contribution in [2.24, 2.45) is 0 Å². The first kappa shape index (κ1) is 23.2. The van der Waals surface area contributed by atoms with Crippen LogP contribution in [0, 0.1) is 12.0 Å². The van der Waals surface area contributed by atoms with Gasteiger partial charge in [0.15, 0.2) is 0 Å². The predicted molar refractivity (Wildman–Crippen MR) is 97.2 cm³/mol. The van der Waals surface area contributed by atoms with Crippen molar-refractivity contribution in [3.63, 3.8) is 0 Å². The molecular formula is C18H34O5S. The first-order valence-electron chi connectivity index (χ1n) is 9.19. The Hall–Kier alpha value is -0.770. The van der Waals surface area contributed by atoms with E-state index in [1.54, 1.807) is 6.92 Å². The Bertz CT molecular complexity index is 436. The minimum Gasteiger partial charge on any atom is -0.422 e. The third-order valence-electron chi connectivity index (χ3n) is 3.71. The average Bonchev–Trinajstić information content (AvgIpc) is 2.53. The van der Waals surface area contributed by atoms with Crippen LogP contribution in [0.25, 0.3) is 0 Å². The summed E-state index contributed by atoms with van der Waals surface area (Å²) < 4.78 is 41.0. The summed E-state index contributed by atoms with van der Waals surface area (Å²) >= 11 is 0. The zero-order valence-electron chi connectivity index (χ0n) is 15.3. The summed E-state index contributed by atoms with van der Waals surface area (Å²) in [5.41, 5.74) is -1.43. The van der Waals surface area contributed by atoms with Crippen molar-refractivity contribution in [2.75, 3.05) is 13.2 Å². The van der Waals surface area contributed by atoms with Gasteiger partial charge >= 0.3 is 10.1 Å². The van der Waals surface area contributed by atoms with Crippen LogP contribution < -0.4 is 0 Å². The van der Waals surface area contributed by atoms with Crippen molar-refractivity contribution in [1.29, 1.82) is 0 Å². The molecule has 0 aromatic rings. The zero-order valence-corrected chi connectivity index (χ0v) is 16.1. The van der Waals surface area contributed by atoms with Gasteiger partial charge in [-0.05, 0) is 13.3 Å². The molecule has 0 spiro atoms. The molecule has 1 atom stereocenters. The molecule has 24 heavy (non-hydrogen) atoms. The van der Waals surface area contributed by atoms with Crippen molar-refractivity contribution in [3.05, 3.63) is 0 Å². The highest BCUT2D eigenvalue weighted by Gasteiger charge is 2.24. The molecule has 1 unspecified atom stereocenters. The van der Waals surface area contributed by atoms with E-state index in [2.05, 4.69) is 19.0 Å². The summed E-state index contributed by atoms with van der Waals surface area (Å²) in [6.07, 6.45) is 15.6. The summed E-state index contributed by atoms with van der Waals surface area (Å²) in [5.74, 6) is 2.79. The molecule has 0 saturated carbocycles. The van der Waals surface area contributed by atoms with Gasteiger partial charge in [-0.15, -0.1) is 0 Å². The van der Waals surface area contributed by atoms with Crippen LogP contribution in [0.15, 0.2) is 0 Å². The normalized spacial score (nSPS) is 12.5. The van der Waals surface area contributed by atoms with Crippen molar-refractivity contribution in [1.82, 2.24) is 0 Å². The quantitative estimate of drug-likeness (QED) is 0.263. The van der Waals surface area contributed by atoms with Crippen molar-refractivity contribution < 1.29 is 22.4 Å². The Morgan fingerprint density at radius 1 is 0.917 bits per heavy atom. The second-order valence-electron chi connectivity index (χ2n) is 5.93. The fourth-order valence-corrected chi connectivity index (χ4v) is 2.69. The summed E-state index contributed by atoms with van der Waals surface area (Å²) in [5, 5.41) is 0. The molecule has 0 fully saturated rings. The van der Waals surface area contributed by atoms with Crippen LogP contribution >= 0.6 is 0 Å². The smallest absolute Gasteiger partial charge is 0.306 e. The summed E-state index contributed by atoms with van der Waals surface area (Å²) in [6.45, 7) is 4.09. The zero-order chi connectivity index (χ0) is 18.1. The molecule has 0 radical (unpaired) electrons. The van der Waals surface area contributed by atoms with E-state index < -0.39 is 15.6 Å². The Morgan fingerprint density at radius 3 is 1.96 bits per heavy atom. The number of rotatable bonds is 15. The molecule has 6 heteroatoms. The van der Waals surface area contributed by atoms with Crippen LogP contribution in [0.1, 0.15) is 84.5 Å². The molecule has 142 valence electrons. The molecular weight excluding hydrogens is 328 g/mol. The molecule has 1 N–H and O–H groups in total. The largest absolute Gasteiger partial charge is 0.422 e. The molecule has 0 amide bonds. The van der Waals surface area contributed by atoms with Crippen molar-refractivity contribution in [3.8, 4) is 12.0 Å². The van der Waals surface area contributed by atoms with Gasteiger partial charge in [0.25, 0.3) is 5.44 Å². The maximum Gasteiger partial charge on any atom is 0.306 e. The molecule has 0 aromatic carbocycles. The fourth-order valence-electron chi connectivity index (χ4n) is 2.25. The van der Waals surface area contributed by atoms with Gasteiger partial charge in [0, 0.05) is 13.0 Å². The maximum absolute atomic E-state index is 11.1. The lowest BCUT2D eigenvalue weighted by Gasteiger charge is -2.10. The summed E-state index contributed by atoms with van der Waals surface area (Å²) in [4.78, 5) is 0. The predicted octanol–water partition coefficient (Wildman–Crippen LogP) is 4.53. The Morgan fingerprint density at radius 2 is 1.46 bits per heavy atom. The Kier molecular flexibility index (Phi) is 15.2. The Labute approximate surface area is 148 Å². The lowest BCUT2D eigenvalue weighted by molar-refractivity contribution is 0.0755. The van der Waals surface area contributed by atoms with Gasteiger partial charge in [0.1, 0.15) is 12.7 Å². The van der Waals surface area contributed by atoms with E-state index in [9.17, 15) is 8.42 Å². The van der Waals surface area contributed by atoms with Gasteiger partial charge in [-0.3, -0.25) is 4.55 Å². The van der Waals surface area contributed by atoms with Crippen LogP contribution in [-0.4, -0.2) is 31.6 Å². The van der Waals surface area contributed by atoms with E-state index in [1.165, 1.54) is 51.4 Å². The first-order valence-corrected chi connectivity index (χ1v) is 10.7. The third-order valence-corrected chi connectivity index (χ3v) is 4.60. The van der Waals surface area contributed by atoms with E-state index in [0.29, 0.717) is 13.0 Å². The highest BCUT2D eigenvalue weighted by molar-refractivity contribution is 7.86. The van der Waals surface area contributed by atoms with Crippen molar-refractivity contribution in [2.45, 2.75) is 89.9 Å². The molecule has 0 aliphatic rings. The molecule has 0 aromatic heterocycles. The minimum atomic E-state index is -4.30. The van der Waals surface area contributed by atoms with E-state index in [-0.39, 0.29) is 6.61 Å². The molecule has 0 aliphatic carbocycles. The van der Waals surface area contributed by atoms with E-state index in [0.717, 1.165) is 12.8 Å². The maximum atomic E-state index is 11.1. The van der Waals surface area contributed by atoms with E-state index in [1.807, 2.05) is 0 Å². The monoisotopic (exact) mass is 362 g/mol. The second kappa shape index (κ2) is 15.7. The number of unbranched alkanes of at least 4 members (excludes halogenated alkanes) is 10. The summed E-state index contributed by atoms with van der Waals surface area (Å²) in [6, 6.07) is 0. The van der Waals surface area contributed by atoms with Gasteiger partial charge in [-0.1, -0.05) is 70.6 Å². The first-order chi connectivity index (χ1) is 11.5. The SMILES string of the molecule is CCCCCCCCCCCCC#COC(COCC)S(=O)(=O)O. The van der Waals surface area contributed by atoms with Crippen LogP contribution in [0.2, 0.25) is 0 Å². The molecule has 0 aliphatic heterocycles. The highest BCUT2D eigenvalue weighted by Crippen LogP contribution is 2.11. The van der Waals surface area contributed by atoms with E-state index in [4.69, 9.17) is 14.0 Å². The number of hydrogen-bond acceptors (Lipinski definition) is 4. The molecule has 0 bridgehead atoms. The lowest BCUT2D eigenvalue weighted by Crippen LogP contribution is -2.27. The molecule has 0 saturated heterocycles. The van der Waals surface area contributed by atoms with Gasteiger partial charge in [0.05, 0.1) is 0 Å². The highest BCUT2D eigenvalue weighted by atomic mass is 32.2. The van der Waals surface area contributed by atoms with Gasteiger partial charge in [-0.25, -0.2) is 0 Å². The molecule has 0 heterocycles. The van der Waals surface area contributed by atoms with Gasteiger partial charge < -0.3 is 9.47 Å². The van der Waals surface area contributed by atoms with Crippen LogP contribution in [0.3, 0.4) is 0 Å². The number of hydrogen-bond donors (Lipinski definition) is 1. The Balaban J connectivity index is 3.62. The average molecular weight is 363 g/mol. The van der Waals surface area contributed by atoms with Crippen molar-refractivity contribution >= 4 is 10.1 Å². The molecule has 0 rings (SSSR count). The topological polar surface area (TPSA) is 72.8 Å². The van der Waals surface area contributed by atoms with Crippen LogP contribution in [0.4, 0.5) is 0 Å². The van der Waals surface area contributed by atoms with Gasteiger partial charge in [-0.2, -0.15) is 8.42 Å².